The Morgan fingerprint density at radius 1 is 0.917 bits per heavy atom. The number of hydrogen-bond acceptors (Lipinski definition) is 4. The number of carbonyl (C=O) groups excluding carboxylic acids is 3. The molecule has 0 aliphatic carbocycles. The van der Waals surface area contributed by atoms with Crippen molar-refractivity contribution >= 4 is 51.1 Å². The summed E-state index contributed by atoms with van der Waals surface area (Å²) in [6.45, 7) is 1.55. The molecular weight excluding hydrogens is 574 g/mol. The molecule has 7 nitrogen and oxygen atoms in total. The maximum atomic E-state index is 14.3. The Labute approximate surface area is 222 Å². The largest absolute Gasteiger partial charge is 0.354 e. The van der Waals surface area contributed by atoms with E-state index in [4.69, 9.17) is 0 Å². The summed E-state index contributed by atoms with van der Waals surface area (Å²) in [4.78, 5) is 38.6. The fourth-order valence-corrected chi connectivity index (χ4v) is 5.20. The van der Waals surface area contributed by atoms with Gasteiger partial charge in [0, 0.05) is 16.7 Å². The highest BCUT2D eigenvalue weighted by Crippen LogP contribution is 2.22. The zero-order chi connectivity index (χ0) is 25.5. The Morgan fingerprint density at radius 3 is 2.39 bits per heavy atom. The van der Waals surface area contributed by atoms with Gasteiger partial charge < -0.3 is 21.3 Å². The van der Waals surface area contributed by atoms with Crippen molar-refractivity contribution in [3.8, 4) is 0 Å². The average molecular weight is 602 g/mol. The van der Waals surface area contributed by atoms with Gasteiger partial charge in [0.05, 0.1) is 12.0 Å². The number of fused-ring (bicyclic) bond motifs is 1. The molecule has 0 unspecified atom stereocenters. The van der Waals surface area contributed by atoms with Crippen LogP contribution in [0.3, 0.4) is 0 Å². The number of nitrogens with one attached hydrogen (secondary N) is 4. The summed E-state index contributed by atoms with van der Waals surface area (Å²) in [5.41, 5.74) is -0.279. The second kappa shape index (κ2) is 11.8. The van der Waals surface area contributed by atoms with Gasteiger partial charge in [0.1, 0.15) is 11.4 Å². The van der Waals surface area contributed by atoms with Crippen LogP contribution in [-0.2, 0) is 16.0 Å². The van der Waals surface area contributed by atoms with Crippen molar-refractivity contribution in [1.29, 1.82) is 0 Å². The van der Waals surface area contributed by atoms with Gasteiger partial charge in [-0.05, 0) is 77.0 Å². The monoisotopic (exact) mass is 602 g/mol. The summed E-state index contributed by atoms with van der Waals surface area (Å²) >= 11 is 1.91. The molecule has 0 aromatic heterocycles. The molecule has 1 aliphatic rings. The molecule has 9 heteroatoms. The molecule has 1 fully saturated rings. The number of halogens is 2. The van der Waals surface area contributed by atoms with Gasteiger partial charge in [-0.3, -0.25) is 14.4 Å². The number of hydrogen-bond donors (Lipinski definition) is 4. The summed E-state index contributed by atoms with van der Waals surface area (Å²) in [5.74, 6) is -1.72. The topological polar surface area (TPSA) is 99.3 Å². The fraction of sp³-hybridized carbons (Fsp3) is 0.296. The van der Waals surface area contributed by atoms with E-state index in [9.17, 15) is 18.8 Å². The number of amides is 3. The van der Waals surface area contributed by atoms with Gasteiger partial charge in [0.15, 0.2) is 0 Å². The molecule has 1 heterocycles. The van der Waals surface area contributed by atoms with Crippen LogP contribution in [0.25, 0.3) is 10.8 Å². The van der Waals surface area contributed by atoms with Crippen LogP contribution in [0.5, 0.6) is 0 Å². The highest BCUT2D eigenvalue weighted by molar-refractivity contribution is 14.1. The molecule has 188 valence electrons. The Hall–Kier alpha value is -3.05. The minimum Gasteiger partial charge on any atom is -0.354 e. The lowest BCUT2D eigenvalue weighted by molar-refractivity contribution is -0.128. The van der Waals surface area contributed by atoms with Crippen LogP contribution in [-0.4, -0.2) is 49.4 Å². The lowest BCUT2D eigenvalue weighted by Gasteiger charge is -2.37. The Morgan fingerprint density at radius 2 is 1.61 bits per heavy atom. The Bertz CT molecular complexity index is 1250. The third-order valence-corrected chi connectivity index (χ3v) is 7.30. The molecule has 36 heavy (non-hydrogen) atoms. The van der Waals surface area contributed by atoms with E-state index in [2.05, 4.69) is 21.3 Å². The van der Waals surface area contributed by atoms with Crippen LogP contribution in [0.15, 0.2) is 60.7 Å². The minimum absolute atomic E-state index is 0.0653. The van der Waals surface area contributed by atoms with E-state index in [0.717, 1.165) is 16.3 Å². The molecule has 3 aromatic carbocycles. The van der Waals surface area contributed by atoms with E-state index in [1.807, 2.05) is 65.1 Å². The maximum absolute atomic E-state index is 14.3. The van der Waals surface area contributed by atoms with Crippen molar-refractivity contribution < 1.29 is 18.8 Å². The van der Waals surface area contributed by atoms with Gasteiger partial charge in [-0.1, -0.05) is 48.5 Å². The van der Waals surface area contributed by atoms with Gasteiger partial charge in [-0.2, -0.15) is 0 Å². The molecule has 0 spiro atoms. The summed E-state index contributed by atoms with van der Waals surface area (Å²) in [7, 11) is 0. The first kappa shape index (κ1) is 26.0. The van der Waals surface area contributed by atoms with Gasteiger partial charge >= 0.3 is 0 Å². The first-order chi connectivity index (χ1) is 17.4. The summed E-state index contributed by atoms with van der Waals surface area (Å²) in [5, 5.41) is 13.8. The van der Waals surface area contributed by atoms with Crippen LogP contribution in [0.1, 0.15) is 28.8 Å². The standard InChI is InChI=1S/C27H28FIN4O3/c28-21-9-4-10-22(29)24(21)25(35)33-27(11-13-30-14-12-27)26(36)32-16-15-31-23(34)17-19-7-3-6-18-5-1-2-8-20(18)19/h1-10,30H,11-17H2,(H,31,34)(H,32,36)(H,33,35). The number of benzene rings is 3. The summed E-state index contributed by atoms with van der Waals surface area (Å²) < 4.78 is 14.8. The van der Waals surface area contributed by atoms with Crippen LogP contribution < -0.4 is 21.3 Å². The van der Waals surface area contributed by atoms with E-state index in [1.54, 1.807) is 6.07 Å². The zero-order valence-corrected chi connectivity index (χ0v) is 21.9. The quantitative estimate of drug-likeness (QED) is 0.236. The highest BCUT2D eigenvalue weighted by Gasteiger charge is 2.41. The maximum Gasteiger partial charge on any atom is 0.256 e. The molecule has 4 rings (SSSR count). The first-order valence-corrected chi connectivity index (χ1v) is 13.0. The van der Waals surface area contributed by atoms with E-state index in [-0.39, 0.29) is 36.9 Å². The van der Waals surface area contributed by atoms with Gasteiger partial charge in [-0.25, -0.2) is 4.39 Å². The number of carbonyl (C=O) groups is 3. The van der Waals surface area contributed by atoms with Crippen LogP contribution in [0.2, 0.25) is 0 Å². The van der Waals surface area contributed by atoms with Gasteiger partial charge in [0.2, 0.25) is 11.8 Å². The number of piperidine rings is 1. The molecule has 0 bridgehead atoms. The molecular formula is C27H28FIN4O3. The molecule has 1 aliphatic heterocycles. The third-order valence-electron chi connectivity index (χ3n) is 6.40. The molecule has 0 atom stereocenters. The van der Waals surface area contributed by atoms with E-state index >= 15 is 0 Å². The smallest absolute Gasteiger partial charge is 0.256 e. The summed E-state index contributed by atoms with van der Waals surface area (Å²) in [6.07, 6.45) is 0.994. The van der Waals surface area contributed by atoms with E-state index < -0.39 is 17.3 Å². The zero-order valence-electron chi connectivity index (χ0n) is 19.7. The first-order valence-electron chi connectivity index (χ1n) is 11.9. The molecule has 0 radical (unpaired) electrons. The Kier molecular flexibility index (Phi) is 8.52. The van der Waals surface area contributed by atoms with Crippen molar-refractivity contribution in [3.63, 3.8) is 0 Å². The van der Waals surface area contributed by atoms with Crippen LogP contribution in [0.4, 0.5) is 4.39 Å². The molecule has 4 N–H and O–H groups in total. The predicted molar refractivity (Wildman–Crippen MR) is 145 cm³/mol. The van der Waals surface area contributed by atoms with E-state index in [1.165, 1.54) is 12.1 Å². The van der Waals surface area contributed by atoms with Crippen molar-refractivity contribution in [2.75, 3.05) is 26.2 Å². The van der Waals surface area contributed by atoms with Crippen molar-refractivity contribution in [3.05, 3.63) is 81.2 Å². The third kappa shape index (κ3) is 6.01. The fourth-order valence-electron chi connectivity index (χ4n) is 4.49. The Balaban J connectivity index is 1.33. The second-order valence-corrected chi connectivity index (χ2v) is 9.97. The van der Waals surface area contributed by atoms with Crippen LogP contribution in [0, 0.1) is 9.39 Å². The molecule has 3 amide bonds. The molecule has 1 saturated heterocycles. The second-order valence-electron chi connectivity index (χ2n) is 8.80. The predicted octanol–water partition coefficient (Wildman–Crippen LogP) is 2.91. The SMILES string of the molecule is O=C(Cc1cccc2ccccc12)NCCNC(=O)C1(NC(=O)c2c(F)cccc2I)CCNCC1. The normalized spacial score (nSPS) is 14.7. The van der Waals surface area contributed by atoms with Gasteiger partial charge in [-0.15, -0.1) is 0 Å². The lowest BCUT2D eigenvalue weighted by Crippen LogP contribution is -2.63. The molecule has 0 saturated carbocycles. The average Bonchev–Trinajstić information content (AvgIpc) is 2.87. The van der Waals surface area contributed by atoms with Crippen molar-refractivity contribution in [1.82, 2.24) is 21.3 Å². The highest BCUT2D eigenvalue weighted by atomic mass is 127. The lowest BCUT2D eigenvalue weighted by atomic mass is 9.86. The van der Waals surface area contributed by atoms with Crippen molar-refractivity contribution in [2.24, 2.45) is 0 Å². The molecule has 3 aromatic rings. The summed E-state index contributed by atoms with van der Waals surface area (Å²) in [6, 6.07) is 18.2. The number of rotatable bonds is 8. The minimum atomic E-state index is -1.15. The van der Waals surface area contributed by atoms with Crippen molar-refractivity contribution in [2.45, 2.75) is 24.8 Å². The van der Waals surface area contributed by atoms with Gasteiger partial charge in [0.25, 0.3) is 5.91 Å². The van der Waals surface area contributed by atoms with E-state index in [0.29, 0.717) is 29.5 Å². The van der Waals surface area contributed by atoms with Crippen LogP contribution >= 0.6 is 22.6 Å².